The van der Waals surface area contributed by atoms with Crippen molar-refractivity contribution >= 4 is 6.29 Å². The van der Waals surface area contributed by atoms with Gasteiger partial charge in [-0.25, -0.2) is 0 Å². The molecule has 0 unspecified atom stereocenters. The van der Waals surface area contributed by atoms with Crippen LogP contribution in [0.15, 0.2) is 12.1 Å². The van der Waals surface area contributed by atoms with Gasteiger partial charge < -0.3 is 10.5 Å². The van der Waals surface area contributed by atoms with E-state index >= 15 is 0 Å². The van der Waals surface area contributed by atoms with Gasteiger partial charge >= 0.3 is 0 Å². The van der Waals surface area contributed by atoms with Crippen LogP contribution in [0.5, 0.6) is 5.75 Å². The Morgan fingerprint density at radius 2 is 2.06 bits per heavy atom. The van der Waals surface area contributed by atoms with E-state index in [0.29, 0.717) is 17.9 Å². The van der Waals surface area contributed by atoms with Crippen LogP contribution in [-0.2, 0) is 5.41 Å². The molecule has 0 aliphatic rings. The molecule has 0 atom stereocenters. The Bertz CT molecular complexity index is 397. The number of rotatable bonds is 4. The molecular formula is C13H19NO2. The van der Waals surface area contributed by atoms with Crippen molar-refractivity contribution in [3.05, 3.63) is 28.8 Å². The van der Waals surface area contributed by atoms with E-state index in [1.54, 1.807) is 7.11 Å². The highest BCUT2D eigenvalue weighted by molar-refractivity contribution is 5.80. The second kappa shape index (κ2) is 4.66. The van der Waals surface area contributed by atoms with Gasteiger partial charge in [0.2, 0.25) is 0 Å². The van der Waals surface area contributed by atoms with Gasteiger partial charge in [-0.2, -0.15) is 0 Å². The molecule has 0 saturated carbocycles. The second-order valence-electron chi connectivity index (χ2n) is 4.61. The van der Waals surface area contributed by atoms with Crippen LogP contribution in [0.25, 0.3) is 0 Å². The van der Waals surface area contributed by atoms with Crippen molar-refractivity contribution in [2.75, 3.05) is 13.7 Å². The van der Waals surface area contributed by atoms with Crippen molar-refractivity contribution in [1.29, 1.82) is 0 Å². The molecule has 0 heterocycles. The lowest BCUT2D eigenvalue weighted by Gasteiger charge is -2.26. The minimum Gasteiger partial charge on any atom is -0.496 e. The van der Waals surface area contributed by atoms with E-state index in [0.717, 1.165) is 17.4 Å². The Balaban J connectivity index is 3.37. The summed E-state index contributed by atoms with van der Waals surface area (Å²) in [4.78, 5) is 11.0. The van der Waals surface area contributed by atoms with Crippen LogP contribution in [-0.4, -0.2) is 19.9 Å². The van der Waals surface area contributed by atoms with E-state index in [4.69, 9.17) is 10.5 Å². The smallest absolute Gasteiger partial charge is 0.153 e. The minimum atomic E-state index is -0.131. The van der Waals surface area contributed by atoms with Crippen LogP contribution in [0, 0.1) is 6.92 Å². The van der Waals surface area contributed by atoms with Crippen LogP contribution < -0.4 is 10.5 Å². The van der Waals surface area contributed by atoms with Crippen molar-refractivity contribution in [3.8, 4) is 5.75 Å². The van der Waals surface area contributed by atoms with E-state index < -0.39 is 0 Å². The molecule has 1 rings (SSSR count). The summed E-state index contributed by atoms with van der Waals surface area (Å²) in [6.45, 7) is 6.68. The monoisotopic (exact) mass is 221 g/mol. The Labute approximate surface area is 96.6 Å². The van der Waals surface area contributed by atoms with Crippen LogP contribution in [0.4, 0.5) is 0 Å². The number of carbonyl (C=O) groups is 1. The lowest BCUT2D eigenvalue weighted by Crippen LogP contribution is -2.29. The normalized spacial score (nSPS) is 11.3. The molecule has 0 amide bonds. The molecule has 3 nitrogen and oxygen atoms in total. The zero-order valence-corrected chi connectivity index (χ0v) is 10.3. The van der Waals surface area contributed by atoms with E-state index in [1.807, 2.05) is 19.1 Å². The standard InChI is InChI=1S/C13H19NO2/c1-9-5-12(16-4)10(7-15)6-11(9)13(2,3)8-14/h5-7H,8,14H2,1-4H3. The summed E-state index contributed by atoms with van der Waals surface area (Å²) in [5, 5.41) is 0. The number of ether oxygens (including phenoxy) is 1. The van der Waals surface area contributed by atoms with E-state index in [9.17, 15) is 4.79 Å². The second-order valence-corrected chi connectivity index (χ2v) is 4.61. The summed E-state index contributed by atoms with van der Waals surface area (Å²) in [7, 11) is 1.57. The molecule has 0 bridgehead atoms. The van der Waals surface area contributed by atoms with Crippen LogP contribution >= 0.6 is 0 Å². The third kappa shape index (κ3) is 2.25. The van der Waals surface area contributed by atoms with Crippen LogP contribution in [0.3, 0.4) is 0 Å². The molecular weight excluding hydrogens is 202 g/mol. The number of benzene rings is 1. The van der Waals surface area contributed by atoms with E-state index in [2.05, 4.69) is 13.8 Å². The summed E-state index contributed by atoms with van der Waals surface area (Å²) < 4.78 is 5.16. The quantitative estimate of drug-likeness (QED) is 0.792. The summed E-state index contributed by atoms with van der Waals surface area (Å²) >= 11 is 0. The van der Waals surface area contributed by atoms with Crippen molar-refractivity contribution in [1.82, 2.24) is 0 Å². The first-order chi connectivity index (χ1) is 7.46. The van der Waals surface area contributed by atoms with Crippen molar-refractivity contribution in [3.63, 3.8) is 0 Å². The molecule has 0 aliphatic heterocycles. The Morgan fingerprint density at radius 1 is 1.44 bits per heavy atom. The molecule has 1 aromatic carbocycles. The average Bonchev–Trinajstić information content (AvgIpc) is 2.28. The van der Waals surface area contributed by atoms with Crippen molar-refractivity contribution in [2.45, 2.75) is 26.2 Å². The predicted molar refractivity (Wildman–Crippen MR) is 65.2 cm³/mol. The summed E-state index contributed by atoms with van der Waals surface area (Å²) in [6, 6.07) is 3.75. The zero-order chi connectivity index (χ0) is 12.3. The van der Waals surface area contributed by atoms with Gasteiger partial charge in [0, 0.05) is 12.0 Å². The van der Waals surface area contributed by atoms with Gasteiger partial charge in [-0.15, -0.1) is 0 Å². The first kappa shape index (κ1) is 12.7. The molecule has 2 N–H and O–H groups in total. The number of aldehydes is 1. The number of hydrogen-bond donors (Lipinski definition) is 1. The fourth-order valence-corrected chi connectivity index (χ4v) is 1.81. The average molecular weight is 221 g/mol. The lowest BCUT2D eigenvalue weighted by atomic mass is 9.81. The highest BCUT2D eigenvalue weighted by Gasteiger charge is 2.22. The number of aryl methyl sites for hydroxylation is 1. The molecule has 0 aliphatic carbocycles. The van der Waals surface area contributed by atoms with E-state index in [1.165, 1.54) is 0 Å². The van der Waals surface area contributed by atoms with Gasteiger partial charge in [-0.05, 0) is 30.2 Å². The molecule has 0 saturated heterocycles. The predicted octanol–water partition coefficient (Wildman–Crippen LogP) is 2.05. The summed E-state index contributed by atoms with van der Waals surface area (Å²) in [5.41, 5.74) is 8.38. The molecule has 1 aromatic rings. The molecule has 88 valence electrons. The zero-order valence-electron chi connectivity index (χ0n) is 10.3. The summed E-state index contributed by atoms with van der Waals surface area (Å²) in [5.74, 6) is 0.615. The molecule has 16 heavy (non-hydrogen) atoms. The molecule has 3 heteroatoms. The molecule has 0 aromatic heterocycles. The lowest BCUT2D eigenvalue weighted by molar-refractivity contribution is 0.112. The van der Waals surface area contributed by atoms with Crippen LogP contribution in [0.2, 0.25) is 0 Å². The topological polar surface area (TPSA) is 52.3 Å². The van der Waals surface area contributed by atoms with Gasteiger partial charge in [0.05, 0.1) is 12.7 Å². The minimum absolute atomic E-state index is 0.131. The number of nitrogens with two attached hydrogens (primary N) is 1. The number of carbonyl (C=O) groups excluding carboxylic acids is 1. The fourth-order valence-electron chi connectivity index (χ4n) is 1.81. The van der Waals surface area contributed by atoms with Gasteiger partial charge in [0.25, 0.3) is 0 Å². The third-order valence-electron chi connectivity index (χ3n) is 2.94. The van der Waals surface area contributed by atoms with Crippen molar-refractivity contribution < 1.29 is 9.53 Å². The Kier molecular flexibility index (Phi) is 3.70. The Hall–Kier alpha value is -1.35. The molecule has 0 radical (unpaired) electrons. The highest BCUT2D eigenvalue weighted by atomic mass is 16.5. The van der Waals surface area contributed by atoms with Gasteiger partial charge in [0.1, 0.15) is 5.75 Å². The number of hydrogen-bond acceptors (Lipinski definition) is 3. The highest BCUT2D eigenvalue weighted by Crippen LogP contribution is 2.30. The Morgan fingerprint density at radius 3 is 2.50 bits per heavy atom. The number of methoxy groups -OCH3 is 1. The summed E-state index contributed by atoms with van der Waals surface area (Å²) in [6.07, 6.45) is 0.814. The van der Waals surface area contributed by atoms with E-state index in [-0.39, 0.29) is 5.41 Å². The fraction of sp³-hybridized carbons (Fsp3) is 0.462. The maximum atomic E-state index is 11.0. The largest absolute Gasteiger partial charge is 0.496 e. The van der Waals surface area contributed by atoms with Gasteiger partial charge in [-0.1, -0.05) is 13.8 Å². The third-order valence-corrected chi connectivity index (χ3v) is 2.94. The first-order valence-corrected chi connectivity index (χ1v) is 5.30. The molecule has 0 fully saturated rings. The van der Waals surface area contributed by atoms with Gasteiger partial charge in [-0.3, -0.25) is 4.79 Å². The molecule has 0 spiro atoms. The maximum Gasteiger partial charge on any atom is 0.153 e. The van der Waals surface area contributed by atoms with Crippen molar-refractivity contribution in [2.24, 2.45) is 5.73 Å². The SMILES string of the molecule is COc1cc(C)c(C(C)(C)CN)cc1C=O. The first-order valence-electron chi connectivity index (χ1n) is 5.30. The van der Waals surface area contributed by atoms with Gasteiger partial charge in [0.15, 0.2) is 6.29 Å². The maximum absolute atomic E-state index is 11.0. The van der Waals surface area contributed by atoms with Crippen LogP contribution in [0.1, 0.15) is 35.3 Å².